The largest absolute Gasteiger partial charge is 0.405 e. The van der Waals surface area contributed by atoms with Crippen LogP contribution in [0.1, 0.15) is 18.9 Å². The average Bonchev–Trinajstić information content (AvgIpc) is 2.19. The molecular weight excluding hydrogens is 229 g/mol. The van der Waals surface area contributed by atoms with Crippen LogP contribution in [-0.2, 0) is 0 Å². The van der Waals surface area contributed by atoms with Gasteiger partial charge in [-0.2, -0.15) is 13.2 Å². The molecule has 1 aromatic carbocycles. The number of alkyl halides is 3. The van der Waals surface area contributed by atoms with Gasteiger partial charge in [0, 0.05) is 6.54 Å². The van der Waals surface area contributed by atoms with Crippen molar-refractivity contribution in [2.75, 3.05) is 23.7 Å². The zero-order valence-corrected chi connectivity index (χ0v) is 10.0. The van der Waals surface area contributed by atoms with Crippen molar-refractivity contribution >= 4 is 11.4 Å². The molecule has 0 amide bonds. The second-order valence-corrected chi connectivity index (χ2v) is 4.10. The summed E-state index contributed by atoms with van der Waals surface area (Å²) in [5, 5.41) is 0. The number of nitrogens with two attached hydrogens (primary N) is 1. The zero-order valence-electron chi connectivity index (χ0n) is 10.0. The number of hydrogen-bond donors (Lipinski definition) is 1. The minimum Gasteiger partial charge on any atom is -0.397 e. The molecule has 5 heteroatoms. The molecule has 0 saturated heterocycles. The Bertz CT molecular complexity index is 375. The minimum absolute atomic E-state index is 0.340. The first-order chi connectivity index (χ1) is 7.83. The highest BCUT2D eigenvalue weighted by molar-refractivity contribution is 5.68. The van der Waals surface area contributed by atoms with E-state index in [-0.39, 0.29) is 0 Å². The van der Waals surface area contributed by atoms with Crippen molar-refractivity contribution in [1.29, 1.82) is 0 Å². The molecular formula is C12H17F3N2. The predicted octanol–water partition coefficient (Wildman–Crippen LogP) is 3.36. The summed E-state index contributed by atoms with van der Waals surface area (Å²) in [5.41, 5.74) is 7.48. The third-order valence-electron chi connectivity index (χ3n) is 2.39. The van der Waals surface area contributed by atoms with Crippen LogP contribution < -0.4 is 10.6 Å². The van der Waals surface area contributed by atoms with E-state index < -0.39 is 12.7 Å². The van der Waals surface area contributed by atoms with Gasteiger partial charge in [0.15, 0.2) is 0 Å². The van der Waals surface area contributed by atoms with Gasteiger partial charge in [-0.15, -0.1) is 0 Å². The summed E-state index contributed by atoms with van der Waals surface area (Å²) in [7, 11) is 0. The van der Waals surface area contributed by atoms with Crippen LogP contribution in [-0.4, -0.2) is 19.3 Å². The van der Waals surface area contributed by atoms with Crippen LogP contribution in [0.3, 0.4) is 0 Å². The van der Waals surface area contributed by atoms with Gasteiger partial charge in [0.1, 0.15) is 6.54 Å². The maximum Gasteiger partial charge on any atom is 0.405 e. The first-order valence-corrected chi connectivity index (χ1v) is 5.51. The standard InChI is InChI=1S/C12H17F3N2/c1-3-6-17(8-12(13,14)15)11-7-9(2)4-5-10(11)16/h4-5,7H,3,6,8,16H2,1-2H3. The summed E-state index contributed by atoms with van der Waals surface area (Å²) in [5.74, 6) is 0. The van der Waals surface area contributed by atoms with Gasteiger partial charge in [0.25, 0.3) is 0 Å². The fraction of sp³-hybridized carbons (Fsp3) is 0.500. The number of benzene rings is 1. The quantitative estimate of drug-likeness (QED) is 0.825. The van der Waals surface area contributed by atoms with Gasteiger partial charge in [0.2, 0.25) is 0 Å². The molecule has 0 bridgehead atoms. The lowest BCUT2D eigenvalue weighted by atomic mass is 10.1. The Kier molecular flexibility index (Phi) is 4.26. The third-order valence-corrected chi connectivity index (χ3v) is 2.39. The van der Waals surface area contributed by atoms with Crippen LogP contribution in [0, 0.1) is 6.92 Å². The van der Waals surface area contributed by atoms with Crippen molar-refractivity contribution in [3.63, 3.8) is 0 Å². The number of halogens is 3. The molecule has 0 unspecified atom stereocenters. The highest BCUT2D eigenvalue weighted by atomic mass is 19.4. The Morgan fingerprint density at radius 3 is 2.47 bits per heavy atom. The third kappa shape index (κ3) is 4.17. The molecule has 0 radical (unpaired) electrons. The normalized spacial score (nSPS) is 11.6. The smallest absolute Gasteiger partial charge is 0.397 e. The summed E-state index contributed by atoms with van der Waals surface area (Å²) in [4.78, 5) is 1.28. The molecule has 0 spiro atoms. The predicted molar refractivity (Wildman–Crippen MR) is 64.2 cm³/mol. The molecule has 0 aliphatic carbocycles. The van der Waals surface area contributed by atoms with Gasteiger partial charge in [-0.05, 0) is 31.0 Å². The topological polar surface area (TPSA) is 29.3 Å². The molecule has 1 aromatic rings. The monoisotopic (exact) mass is 246 g/mol. The Morgan fingerprint density at radius 1 is 1.29 bits per heavy atom. The molecule has 0 aliphatic heterocycles. The minimum atomic E-state index is -4.22. The number of aryl methyl sites for hydroxylation is 1. The van der Waals surface area contributed by atoms with Crippen molar-refractivity contribution in [1.82, 2.24) is 0 Å². The Morgan fingerprint density at radius 2 is 1.94 bits per heavy atom. The number of hydrogen-bond acceptors (Lipinski definition) is 2. The van der Waals surface area contributed by atoms with Crippen molar-refractivity contribution in [2.45, 2.75) is 26.4 Å². The number of nitrogens with zero attached hydrogens (tertiary/aromatic N) is 1. The van der Waals surface area contributed by atoms with E-state index in [1.165, 1.54) is 4.90 Å². The molecule has 0 aliphatic rings. The summed E-state index contributed by atoms with van der Waals surface area (Å²) in [6, 6.07) is 5.12. The number of anilines is 2. The lowest BCUT2D eigenvalue weighted by Gasteiger charge is -2.27. The van der Waals surface area contributed by atoms with Gasteiger partial charge >= 0.3 is 6.18 Å². The Balaban J connectivity index is 3.00. The second-order valence-electron chi connectivity index (χ2n) is 4.10. The van der Waals surface area contributed by atoms with Crippen molar-refractivity contribution in [2.24, 2.45) is 0 Å². The molecule has 1 rings (SSSR count). The van der Waals surface area contributed by atoms with Crippen LogP contribution in [0.4, 0.5) is 24.5 Å². The van der Waals surface area contributed by atoms with E-state index in [0.717, 1.165) is 5.56 Å². The van der Waals surface area contributed by atoms with Crippen LogP contribution >= 0.6 is 0 Å². The lowest BCUT2D eigenvalue weighted by Crippen LogP contribution is -2.35. The lowest BCUT2D eigenvalue weighted by molar-refractivity contribution is -0.119. The van der Waals surface area contributed by atoms with Crippen LogP contribution in [0.25, 0.3) is 0 Å². The number of nitrogen functional groups attached to an aromatic ring is 1. The Labute approximate surface area is 99.2 Å². The van der Waals surface area contributed by atoms with Crippen molar-refractivity contribution < 1.29 is 13.2 Å². The summed E-state index contributed by atoms with van der Waals surface area (Å²) in [6.45, 7) is 3.05. The fourth-order valence-corrected chi connectivity index (χ4v) is 1.70. The molecule has 0 saturated carbocycles. The zero-order chi connectivity index (χ0) is 13.1. The van der Waals surface area contributed by atoms with Gasteiger partial charge in [-0.3, -0.25) is 0 Å². The first kappa shape index (κ1) is 13.7. The Hall–Kier alpha value is -1.39. The second kappa shape index (κ2) is 5.29. The SMILES string of the molecule is CCCN(CC(F)(F)F)c1cc(C)ccc1N. The van der Waals surface area contributed by atoms with Crippen LogP contribution in [0.15, 0.2) is 18.2 Å². The summed E-state index contributed by atoms with van der Waals surface area (Å²) in [6.07, 6.45) is -3.57. The molecule has 2 N–H and O–H groups in total. The average molecular weight is 246 g/mol. The fourth-order valence-electron chi connectivity index (χ4n) is 1.70. The molecule has 0 heterocycles. The summed E-state index contributed by atoms with van der Waals surface area (Å²) >= 11 is 0. The molecule has 96 valence electrons. The number of rotatable bonds is 4. The molecule has 0 atom stereocenters. The van der Waals surface area contributed by atoms with Crippen LogP contribution in [0.2, 0.25) is 0 Å². The van der Waals surface area contributed by atoms with E-state index in [0.29, 0.717) is 24.3 Å². The van der Waals surface area contributed by atoms with E-state index in [1.54, 1.807) is 18.2 Å². The maximum atomic E-state index is 12.5. The van der Waals surface area contributed by atoms with Gasteiger partial charge in [-0.25, -0.2) is 0 Å². The van der Waals surface area contributed by atoms with Gasteiger partial charge in [0.05, 0.1) is 11.4 Å². The maximum absolute atomic E-state index is 12.5. The van der Waals surface area contributed by atoms with E-state index in [1.807, 2.05) is 13.8 Å². The van der Waals surface area contributed by atoms with Crippen molar-refractivity contribution in [3.8, 4) is 0 Å². The molecule has 2 nitrogen and oxygen atoms in total. The highest BCUT2D eigenvalue weighted by Gasteiger charge is 2.31. The van der Waals surface area contributed by atoms with Gasteiger partial charge in [-0.1, -0.05) is 13.0 Å². The highest BCUT2D eigenvalue weighted by Crippen LogP contribution is 2.28. The van der Waals surface area contributed by atoms with Crippen molar-refractivity contribution in [3.05, 3.63) is 23.8 Å². The molecule has 0 aromatic heterocycles. The van der Waals surface area contributed by atoms with E-state index >= 15 is 0 Å². The first-order valence-electron chi connectivity index (χ1n) is 5.51. The van der Waals surface area contributed by atoms with E-state index in [4.69, 9.17) is 5.73 Å². The van der Waals surface area contributed by atoms with Gasteiger partial charge < -0.3 is 10.6 Å². The van der Waals surface area contributed by atoms with E-state index in [2.05, 4.69) is 0 Å². The van der Waals surface area contributed by atoms with Crippen LogP contribution in [0.5, 0.6) is 0 Å². The summed E-state index contributed by atoms with van der Waals surface area (Å²) < 4.78 is 37.4. The van der Waals surface area contributed by atoms with E-state index in [9.17, 15) is 13.2 Å². The molecule has 0 fully saturated rings. The molecule has 17 heavy (non-hydrogen) atoms.